The number of hydrogen-bond donors (Lipinski definition) is 3. The summed E-state index contributed by atoms with van der Waals surface area (Å²) in [6.45, 7) is 1.79. The Morgan fingerprint density at radius 3 is 2.78 bits per heavy atom. The number of aryl methyl sites for hydroxylation is 1. The highest BCUT2D eigenvalue weighted by Crippen LogP contribution is 2.25. The molecule has 8 heteroatoms. The van der Waals surface area contributed by atoms with Gasteiger partial charge < -0.3 is 10.4 Å². The summed E-state index contributed by atoms with van der Waals surface area (Å²) in [5.74, 6) is -1.29. The van der Waals surface area contributed by atoms with Crippen LogP contribution in [0.25, 0.3) is 0 Å². The van der Waals surface area contributed by atoms with Crippen molar-refractivity contribution in [3.05, 3.63) is 23.8 Å². The Balaban J connectivity index is 2.28. The molecule has 1 aliphatic rings. The molecule has 0 saturated heterocycles. The summed E-state index contributed by atoms with van der Waals surface area (Å²) < 4.78 is 27.0. The third-order valence-corrected chi connectivity index (χ3v) is 5.15. The number of sulfonamides is 1. The highest BCUT2D eigenvalue weighted by atomic mass is 32.2. The van der Waals surface area contributed by atoms with E-state index < -0.39 is 22.0 Å². The molecule has 23 heavy (non-hydrogen) atoms. The average Bonchev–Trinajstić information content (AvgIpc) is 2.66. The zero-order valence-electron chi connectivity index (χ0n) is 12.8. The van der Waals surface area contributed by atoms with Crippen molar-refractivity contribution in [1.29, 1.82) is 0 Å². The van der Waals surface area contributed by atoms with E-state index in [0.717, 1.165) is 5.56 Å². The maximum atomic E-state index is 12.4. The van der Waals surface area contributed by atoms with Crippen molar-refractivity contribution in [2.45, 2.75) is 50.0 Å². The number of amides is 1. The molecule has 1 unspecified atom stereocenters. The van der Waals surface area contributed by atoms with Gasteiger partial charge in [0, 0.05) is 12.1 Å². The standard InChI is InChI=1S/C15H20N2O5S/c1-2-4-13(15(19)20)17-23(21,22)11-7-8-12-10(9-11)5-3-6-14(18)16-12/h7-9,13,17H,2-6H2,1H3,(H,16,18)(H,19,20). The van der Waals surface area contributed by atoms with Crippen LogP contribution in [0.15, 0.2) is 23.1 Å². The van der Waals surface area contributed by atoms with Crippen LogP contribution in [-0.2, 0) is 26.0 Å². The first-order chi connectivity index (χ1) is 10.8. The second-order valence-electron chi connectivity index (χ2n) is 5.52. The van der Waals surface area contributed by atoms with Gasteiger partial charge in [-0.05, 0) is 43.0 Å². The third kappa shape index (κ3) is 4.29. The van der Waals surface area contributed by atoms with Crippen LogP contribution >= 0.6 is 0 Å². The number of carbonyl (C=O) groups is 2. The number of rotatable bonds is 6. The molecule has 3 N–H and O–H groups in total. The minimum absolute atomic E-state index is 0.00903. The Kier molecular flexibility index (Phi) is 5.38. The predicted molar refractivity (Wildman–Crippen MR) is 84.7 cm³/mol. The monoisotopic (exact) mass is 340 g/mol. The second kappa shape index (κ2) is 7.10. The molecule has 0 fully saturated rings. The molecule has 1 amide bonds. The quantitative estimate of drug-likeness (QED) is 0.726. The van der Waals surface area contributed by atoms with Crippen LogP contribution in [0.2, 0.25) is 0 Å². The summed E-state index contributed by atoms with van der Waals surface area (Å²) in [5.41, 5.74) is 1.34. The van der Waals surface area contributed by atoms with Gasteiger partial charge >= 0.3 is 5.97 Å². The Morgan fingerprint density at radius 2 is 2.13 bits per heavy atom. The van der Waals surface area contributed by atoms with Crippen molar-refractivity contribution in [1.82, 2.24) is 4.72 Å². The number of fused-ring (bicyclic) bond motifs is 1. The van der Waals surface area contributed by atoms with Crippen molar-refractivity contribution in [3.8, 4) is 0 Å². The molecule has 0 bridgehead atoms. The molecule has 0 radical (unpaired) electrons. The van der Waals surface area contributed by atoms with E-state index in [2.05, 4.69) is 10.0 Å². The summed E-state index contributed by atoms with van der Waals surface area (Å²) in [4.78, 5) is 22.7. The van der Waals surface area contributed by atoms with Crippen LogP contribution in [0.3, 0.4) is 0 Å². The lowest BCUT2D eigenvalue weighted by Crippen LogP contribution is -2.40. The van der Waals surface area contributed by atoms with Gasteiger partial charge in [-0.25, -0.2) is 8.42 Å². The van der Waals surface area contributed by atoms with Crippen LogP contribution in [-0.4, -0.2) is 31.4 Å². The van der Waals surface area contributed by atoms with Crippen LogP contribution in [0.4, 0.5) is 5.69 Å². The molecule has 126 valence electrons. The summed E-state index contributed by atoms with van der Waals surface area (Å²) in [7, 11) is -3.93. The highest BCUT2D eigenvalue weighted by Gasteiger charge is 2.25. The van der Waals surface area contributed by atoms with Crippen LogP contribution in [0.5, 0.6) is 0 Å². The van der Waals surface area contributed by atoms with Gasteiger partial charge in [-0.1, -0.05) is 13.3 Å². The smallest absolute Gasteiger partial charge is 0.321 e. The van der Waals surface area contributed by atoms with Gasteiger partial charge in [-0.15, -0.1) is 0 Å². The SMILES string of the molecule is CCCC(NS(=O)(=O)c1ccc2c(c1)CCCC(=O)N2)C(=O)O. The summed E-state index contributed by atoms with van der Waals surface area (Å²) >= 11 is 0. The zero-order valence-corrected chi connectivity index (χ0v) is 13.6. The Hall–Kier alpha value is -1.93. The molecule has 0 aliphatic carbocycles. The minimum atomic E-state index is -3.93. The first kappa shape index (κ1) is 17.4. The lowest BCUT2D eigenvalue weighted by molar-refractivity contribution is -0.139. The highest BCUT2D eigenvalue weighted by molar-refractivity contribution is 7.89. The largest absolute Gasteiger partial charge is 0.480 e. The molecule has 1 heterocycles. The van der Waals surface area contributed by atoms with Crippen LogP contribution < -0.4 is 10.0 Å². The van der Waals surface area contributed by atoms with Gasteiger partial charge in [-0.3, -0.25) is 9.59 Å². The Bertz CT molecular complexity index is 715. The number of anilines is 1. The van der Waals surface area contributed by atoms with Crippen molar-refractivity contribution >= 4 is 27.6 Å². The molecular weight excluding hydrogens is 320 g/mol. The lowest BCUT2D eigenvalue weighted by atomic mass is 10.1. The van der Waals surface area contributed by atoms with Crippen molar-refractivity contribution in [2.24, 2.45) is 0 Å². The molecule has 0 aromatic heterocycles. The topological polar surface area (TPSA) is 113 Å². The molecular formula is C15H20N2O5S. The predicted octanol–water partition coefficient (Wildman–Crippen LogP) is 1.49. The number of nitrogens with one attached hydrogen (secondary N) is 2. The summed E-state index contributed by atoms with van der Waals surface area (Å²) in [6.07, 6.45) is 2.40. The van der Waals surface area contributed by atoms with E-state index >= 15 is 0 Å². The van der Waals surface area contributed by atoms with E-state index in [9.17, 15) is 18.0 Å². The zero-order chi connectivity index (χ0) is 17.0. The third-order valence-electron chi connectivity index (χ3n) is 3.68. The average molecular weight is 340 g/mol. The van der Waals surface area contributed by atoms with Gasteiger partial charge in [0.05, 0.1) is 4.90 Å². The fourth-order valence-corrected chi connectivity index (χ4v) is 3.77. The number of hydrogen-bond acceptors (Lipinski definition) is 4. The molecule has 0 spiro atoms. The Labute approximate surface area is 135 Å². The molecule has 7 nitrogen and oxygen atoms in total. The molecule has 1 aromatic rings. The van der Waals surface area contributed by atoms with Crippen LogP contribution in [0.1, 0.15) is 38.2 Å². The summed E-state index contributed by atoms with van der Waals surface area (Å²) in [6, 6.07) is 3.26. The number of aliphatic carboxylic acids is 1. The van der Waals surface area contributed by atoms with E-state index in [1.807, 2.05) is 0 Å². The van der Waals surface area contributed by atoms with Gasteiger partial charge in [-0.2, -0.15) is 4.72 Å². The maximum absolute atomic E-state index is 12.4. The lowest BCUT2D eigenvalue weighted by Gasteiger charge is -2.15. The molecule has 0 saturated carbocycles. The minimum Gasteiger partial charge on any atom is -0.480 e. The number of carbonyl (C=O) groups excluding carboxylic acids is 1. The number of benzene rings is 1. The fraction of sp³-hybridized carbons (Fsp3) is 0.467. The molecule has 1 atom stereocenters. The van der Waals surface area contributed by atoms with E-state index in [1.54, 1.807) is 13.0 Å². The maximum Gasteiger partial charge on any atom is 0.321 e. The van der Waals surface area contributed by atoms with Gasteiger partial charge in [0.15, 0.2) is 0 Å². The van der Waals surface area contributed by atoms with Gasteiger partial charge in [0.2, 0.25) is 15.9 Å². The Morgan fingerprint density at radius 1 is 1.39 bits per heavy atom. The molecule has 1 aromatic carbocycles. The molecule has 1 aliphatic heterocycles. The van der Waals surface area contributed by atoms with Gasteiger partial charge in [0.1, 0.15) is 6.04 Å². The van der Waals surface area contributed by atoms with E-state index in [4.69, 9.17) is 5.11 Å². The van der Waals surface area contributed by atoms with Crippen molar-refractivity contribution in [2.75, 3.05) is 5.32 Å². The normalized spacial score (nSPS) is 16.1. The summed E-state index contributed by atoms with van der Waals surface area (Å²) in [5, 5.41) is 11.8. The number of carboxylic acid groups (broad SMARTS) is 1. The van der Waals surface area contributed by atoms with Crippen molar-refractivity contribution < 1.29 is 23.1 Å². The fourth-order valence-electron chi connectivity index (χ4n) is 2.49. The first-order valence-electron chi connectivity index (χ1n) is 7.51. The van der Waals surface area contributed by atoms with Gasteiger partial charge in [0.25, 0.3) is 0 Å². The molecule has 2 rings (SSSR count). The van der Waals surface area contributed by atoms with E-state index in [-0.39, 0.29) is 17.2 Å². The second-order valence-corrected chi connectivity index (χ2v) is 7.24. The number of carboxylic acids is 1. The van der Waals surface area contributed by atoms with E-state index in [1.165, 1.54) is 12.1 Å². The van der Waals surface area contributed by atoms with Crippen molar-refractivity contribution in [3.63, 3.8) is 0 Å². The van der Waals surface area contributed by atoms with Crippen LogP contribution in [0, 0.1) is 0 Å². The van der Waals surface area contributed by atoms with E-state index in [0.29, 0.717) is 31.4 Å². The first-order valence-corrected chi connectivity index (χ1v) is 8.99.